The Morgan fingerprint density at radius 1 is 1.05 bits per heavy atom. The van der Waals surface area contributed by atoms with Gasteiger partial charge in [-0.2, -0.15) is 0 Å². The van der Waals surface area contributed by atoms with Gasteiger partial charge in [0.15, 0.2) is 0 Å². The molecule has 2 aromatic carbocycles. The van der Waals surface area contributed by atoms with Crippen molar-refractivity contribution in [1.29, 1.82) is 0 Å². The van der Waals surface area contributed by atoms with E-state index in [1.165, 1.54) is 0 Å². The fourth-order valence-corrected chi connectivity index (χ4v) is 2.05. The standard InChI is InChI=1S/C16H19NO3/c1-10-4-5-11(8-14(10)17)16(18)13-7-6-12(19-2)9-15(13)20-3/h4-9,16,18H,17H2,1-3H3/t16-/m1/s1. The lowest BCUT2D eigenvalue weighted by Gasteiger charge is -2.17. The summed E-state index contributed by atoms with van der Waals surface area (Å²) in [5.74, 6) is 1.26. The molecule has 0 fully saturated rings. The van der Waals surface area contributed by atoms with Crippen LogP contribution in [0.25, 0.3) is 0 Å². The molecule has 0 aromatic heterocycles. The monoisotopic (exact) mass is 273 g/mol. The summed E-state index contributed by atoms with van der Waals surface area (Å²) in [5, 5.41) is 10.5. The zero-order chi connectivity index (χ0) is 14.7. The summed E-state index contributed by atoms with van der Waals surface area (Å²) in [5.41, 5.74) is 8.95. The number of rotatable bonds is 4. The van der Waals surface area contributed by atoms with E-state index in [9.17, 15) is 5.11 Å². The second kappa shape index (κ2) is 5.84. The molecule has 0 radical (unpaired) electrons. The number of benzene rings is 2. The Morgan fingerprint density at radius 3 is 2.40 bits per heavy atom. The molecule has 4 heteroatoms. The molecule has 0 amide bonds. The average molecular weight is 273 g/mol. The number of nitrogens with two attached hydrogens (primary N) is 1. The Kier molecular flexibility index (Phi) is 4.15. The molecule has 0 spiro atoms. The first-order valence-corrected chi connectivity index (χ1v) is 6.33. The van der Waals surface area contributed by atoms with Gasteiger partial charge in [0, 0.05) is 17.3 Å². The highest BCUT2D eigenvalue weighted by molar-refractivity contribution is 5.52. The minimum absolute atomic E-state index is 0.580. The Labute approximate surface area is 118 Å². The summed E-state index contributed by atoms with van der Waals surface area (Å²) < 4.78 is 10.5. The highest BCUT2D eigenvalue weighted by Crippen LogP contribution is 2.33. The quantitative estimate of drug-likeness (QED) is 0.841. The van der Waals surface area contributed by atoms with Gasteiger partial charge in [0.25, 0.3) is 0 Å². The van der Waals surface area contributed by atoms with Crippen LogP contribution in [0, 0.1) is 6.92 Å². The second-order valence-corrected chi connectivity index (χ2v) is 4.63. The van der Waals surface area contributed by atoms with Crippen LogP contribution in [0.15, 0.2) is 36.4 Å². The molecular formula is C16H19NO3. The molecule has 0 saturated carbocycles. The molecule has 106 valence electrons. The lowest BCUT2D eigenvalue weighted by molar-refractivity contribution is 0.214. The maximum Gasteiger partial charge on any atom is 0.128 e. The average Bonchev–Trinajstić information content (AvgIpc) is 2.48. The van der Waals surface area contributed by atoms with E-state index in [1.54, 1.807) is 38.5 Å². The number of nitrogen functional groups attached to an aromatic ring is 1. The molecule has 0 aliphatic rings. The van der Waals surface area contributed by atoms with Crippen LogP contribution in [0.1, 0.15) is 22.8 Å². The third-order valence-corrected chi connectivity index (χ3v) is 3.35. The van der Waals surface area contributed by atoms with Crippen molar-refractivity contribution in [1.82, 2.24) is 0 Å². The number of aryl methyl sites for hydroxylation is 1. The van der Waals surface area contributed by atoms with Gasteiger partial charge in [-0.05, 0) is 36.2 Å². The van der Waals surface area contributed by atoms with Crippen LogP contribution < -0.4 is 15.2 Å². The number of hydrogen-bond acceptors (Lipinski definition) is 4. The minimum Gasteiger partial charge on any atom is -0.497 e. The van der Waals surface area contributed by atoms with Crippen molar-refractivity contribution in [2.45, 2.75) is 13.0 Å². The van der Waals surface area contributed by atoms with Crippen molar-refractivity contribution in [3.05, 3.63) is 53.1 Å². The molecular weight excluding hydrogens is 254 g/mol. The smallest absolute Gasteiger partial charge is 0.128 e. The van der Waals surface area contributed by atoms with Crippen LogP contribution in [-0.2, 0) is 0 Å². The van der Waals surface area contributed by atoms with Gasteiger partial charge in [0.2, 0.25) is 0 Å². The van der Waals surface area contributed by atoms with Crippen LogP contribution in [0.4, 0.5) is 5.69 Å². The molecule has 0 aliphatic heterocycles. The highest BCUT2D eigenvalue weighted by Gasteiger charge is 2.16. The number of aliphatic hydroxyl groups is 1. The Bertz CT molecular complexity index is 611. The third-order valence-electron chi connectivity index (χ3n) is 3.35. The number of anilines is 1. The van der Waals surface area contributed by atoms with Crippen LogP contribution in [-0.4, -0.2) is 19.3 Å². The van der Waals surface area contributed by atoms with Gasteiger partial charge in [0.1, 0.15) is 17.6 Å². The summed E-state index contributed by atoms with van der Waals surface area (Å²) in [6.07, 6.45) is -0.793. The molecule has 0 aliphatic carbocycles. The topological polar surface area (TPSA) is 64.7 Å². The molecule has 0 heterocycles. The van der Waals surface area contributed by atoms with Crippen molar-refractivity contribution in [3.63, 3.8) is 0 Å². The van der Waals surface area contributed by atoms with E-state index in [-0.39, 0.29) is 0 Å². The fourth-order valence-electron chi connectivity index (χ4n) is 2.05. The molecule has 4 nitrogen and oxygen atoms in total. The Hall–Kier alpha value is -2.20. The summed E-state index contributed by atoms with van der Waals surface area (Å²) in [6.45, 7) is 1.93. The summed E-state index contributed by atoms with van der Waals surface area (Å²) >= 11 is 0. The fraction of sp³-hybridized carbons (Fsp3) is 0.250. The second-order valence-electron chi connectivity index (χ2n) is 4.63. The largest absolute Gasteiger partial charge is 0.497 e. The summed E-state index contributed by atoms with van der Waals surface area (Å²) in [6, 6.07) is 10.9. The van der Waals surface area contributed by atoms with Gasteiger partial charge >= 0.3 is 0 Å². The molecule has 1 atom stereocenters. The first-order valence-electron chi connectivity index (χ1n) is 6.33. The first-order chi connectivity index (χ1) is 9.56. The Balaban J connectivity index is 2.41. The number of hydrogen-bond donors (Lipinski definition) is 2. The third kappa shape index (κ3) is 2.70. The van der Waals surface area contributed by atoms with Gasteiger partial charge in [0.05, 0.1) is 14.2 Å². The first kappa shape index (κ1) is 14.2. The summed E-state index contributed by atoms with van der Waals surface area (Å²) in [7, 11) is 3.15. The molecule has 0 unspecified atom stereocenters. The number of aliphatic hydroxyl groups excluding tert-OH is 1. The Morgan fingerprint density at radius 2 is 1.80 bits per heavy atom. The van der Waals surface area contributed by atoms with Crippen LogP contribution in [0.5, 0.6) is 11.5 Å². The maximum absolute atomic E-state index is 10.5. The predicted octanol–water partition coefficient (Wildman–Crippen LogP) is 2.68. The lowest BCUT2D eigenvalue weighted by Crippen LogP contribution is -2.04. The van der Waals surface area contributed by atoms with Gasteiger partial charge in [-0.1, -0.05) is 12.1 Å². The van der Waals surface area contributed by atoms with Crippen molar-refractivity contribution in [2.75, 3.05) is 20.0 Å². The molecule has 2 aromatic rings. The van der Waals surface area contributed by atoms with Crippen molar-refractivity contribution < 1.29 is 14.6 Å². The van der Waals surface area contributed by atoms with Gasteiger partial charge in [-0.15, -0.1) is 0 Å². The maximum atomic E-state index is 10.5. The van der Waals surface area contributed by atoms with E-state index in [0.717, 1.165) is 11.1 Å². The normalized spacial score (nSPS) is 12.0. The van der Waals surface area contributed by atoms with E-state index in [1.807, 2.05) is 19.1 Å². The van der Waals surface area contributed by atoms with Crippen molar-refractivity contribution >= 4 is 5.69 Å². The van der Waals surface area contributed by atoms with E-state index < -0.39 is 6.10 Å². The molecule has 3 N–H and O–H groups in total. The SMILES string of the molecule is COc1ccc([C@H](O)c2ccc(C)c(N)c2)c(OC)c1. The zero-order valence-electron chi connectivity index (χ0n) is 11.9. The molecule has 0 saturated heterocycles. The highest BCUT2D eigenvalue weighted by atomic mass is 16.5. The van der Waals surface area contributed by atoms with E-state index in [2.05, 4.69) is 0 Å². The molecule has 0 bridgehead atoms. The molecule has 20 heavy (non-hydrogen) atoms. The molecule has 2 rings (SSSR count). The van der Waals surface area contributed by atoms with Gasteiger partial charge < -0.3 is 20.3 Å². The van der Waals surface area contributed by atoms with Crippen molar-refractivity contribution in [2.24, 2.45) is 0 Å². The minimum atomic E-state index is -0.793. The van der Waals surface area contributed by atoms with Gasteiger partial charge in [-0.25, -0.2) is 0 Å². The number of methoxy groups -OCH3 is 2. The van der Waals surface area contributed by atoms with Crippen LogP contribution in [0.2, 0.25) is 0 Å². The van der Waals surface area contributed by atoms with Crippen LogP contribution >= 0.6 is 0 Å². The lowest BCUT2D eigenvalue weighted by atomic mass is 9.98. The summed E-state index contributed by atoms with van der Waals surface area (Å²) in [4.78, 5) is 0. The van der Waals surface area contributed by atoms with E-state index >= 15 is 0 Å². The van der Waals surface area contributed by atoms with Gasteiger partial charge in [-0.3, -0.25) is 0 Å². The van der Waals surface area contributed by atoms with E-state index in [0.29, 0.717) is 22.7 Å². The number of ether oxygens (including phenoxy) is 2. The van der Waals surface area contributed by atoms with Crippen molar-refractivity contribution in [3.8, 4) is 11.5 Å². The van der Waals surface area contributed by atoms with E-state index in [4.69, 9.17) is 15.2 Å². The van der Waals surface area contributed by atoms with Crippen LogP contribution in [0.3, 0.4) is 0 Å². The predicted molar refractivity (Wildman–Crippen MR) is 79.2 cm³/mol. The zero-order valence-corrected chi connectivity index (χ0v) is 11.9.